The lowest BCUT2D eigenvalue weighted by molar-refractivity contribution is 0.102. The number of aromatic amines is 1. The molecule has 3 aromatic heterocycles. The van der Waals surface area contributed by atoms with Crippen molar-refractivity contribution in [2.75, 3.05) is 11.9 Å². The van der Waals surface area contributed by atoms with Crippen LogP contribution in [0.25, 0.3) is 11.0 Å². The van der Waals surface area contributed by atoms with E-state index in [0.717, 1.165) is 47.5 Å². The topological polar surface area (TPSA) is 101 Å². The molecule has 1 aliphatic carbocycles. The first kappa shape index (κ1) is 24.5. The molecule has 188 valence electrons. The minimum Gasteiger partial charge on any atom is -0.358 e. The average Bonchev–Trinajstić information content (AvgIpc) is 3.42. The third kappa shape index (κ3) is 4.51. The fourth-order valence-corrected chi connectivity index (χ4v) is 5.56. The predicted octanol–water partition coefficient (Wildman–Crippen LogP) is 5.06. The second kappa shape index (κ2) is 9.67. The molecule has 0 bridgehead atoms. The number of aromatic nitrogens is 5. The van der Waals surface area contributed by atoms with Gasteiger partial charge in [0.1, 0.15) is 23.4 Å². The van der Waals surface area contributed by atoms with E-state index < -0.39 is 0 Å². The highest BCUT2D eigenvalue weighted by atomic mass is 35.5. The van der Waals surface area contributed by atoms with Crippen LogP contribution in [0.2, 0.25) is 5.02 Å². The number of benzene rings is 1. The van der Waals surface area contributed by atoms with Crippen molar-refractivity contribution < 1.29 is 4.79 Å². The Balaban J connectivity index is 1.42. The summed E-state index contributed by atoms with van der Waals surface area (Å²) in [5, 5.41) is 15.5. The van der Waals surface area contributed by atoms with Gasteiger partial charge in [-0.3, -0.25) is 4.79 Å². The second-order valence-corrected chi connectivity index (χ2v) is 10.9. The Bertz CT molecular complexity index is 1400. The number of fused-ring (bicyclic) bond motifs is 1. The van der Waals surface area contributed by atoms with Crippen LogP contribution >= 0.6 is 11.6 Å². The van der Waals surface area contributed by atoms with Crippen LogP contribution in [0.3, 0.4) is 0 Å². The van der Waals surface area contributed by atoms with Crippen LogP contribution in [0.4, 0.5) is 5.69 Å². The zero-order valence-electron chi connectivity index (χ0n) is 21.1. The standard InChI is InChI=1S/C27H32ClN7O/c1-16(2)12-29-13-18-8-22(33-24-21(28)14-30-23(18)24)25(36)32-20-7-5-6-19(9-20)27(10-17(3)11-27)26-34-31-15-35(26)4/h5-9,14-17,29-30H,10-13H2,1-4H3,(H,32,36). The van der Waals surface area contributed by atoms with E-state index >= 15 is 0 Å². The lowest BCUT2D eigenvalue weighted by Gasteiger charge is -2.46. The Kier molecular flexibility index (Phi) is 6.57. The number of rotatable bonds is 8. The molecule has 4 aromatic rings. The molecule has 1 aliphatic rings. The first-order valence-corrected chi connectivity index (χ1v) is 12.8. The largest absolute Gasteiger partial charge is 0.358 e. The SMILES string of the molecule is CC(C)CNCc1cc(C(=O)Nc2cccc(C3(c4nncn4C)CC(C)C3)c2)nc2c(Cl)c[nH]c12. The molecule has 36 heavy (non-hydrogen) atoms. The second-order valence-electron chi connectivity index (χ2n) is 10.4. The van der Waals surface area contributed by atoms with Crippen molar-refractivity contribution >= 4 is 34.2 Å². The minimum absolute atomic E-state index is 0.198. The first-order chi connectivity index (χ1) is 17.3. The number of H-pyrrole nitrogens is 1. The zero-order valence-corrected chi connectivity index (χ0v) is 21.9. The third-order valence-electron chi connectivity index (χ3n) is 6.98. The molecule has 5 rings (SSSR count). The van der Waals surface area contributed by atoms with Crippen molar-refractivity contribution in [1.82, 2.24) is 30.0 Å². The maximum Gasteiger partial charge on any atom is 0.274 e. The van der Waals surface area contributed by atoms with Crippen molar-refractivity contribution in [3.8, 4) is 0 Å². The van der Waals surface area contributed by atoms with E-state index in [4.69, 9.17) is 11.6 Å². The molecule has 0 saturated heterocycles. The Morgan fingerprint density at radius 1 is 1.31 bits per heavy atom. The van der Waals surface area contributed by atoms with E-state index in [9.17, 15) is 4.79 Å². The molecule has 1 aromatic carbocycles. The Labute approximate surface area is 215 Å². The molecule has 1 saturated carbocycles. The van der Waals surface area contributed by atoms with E-state index in [1.807, 2.05) is 35.9 Å². The molecule has 8 nitrogen and oxygen atoms in total. The number of hydrogen-bond donors (Lipinski definition) is 3. The number of carbonyl (C=O) groups excluding carboxylic acids is 1. The molecule has 1 amide bonds. The molecule has 3 N–H and O–H groups in total. The van der Waals surface area contributed by atoms with Crippen LogP contribution in [0.15, 0.2) is 42.9 Å². The van der Waals surface area contributed by atoms with Gasteiger partial charge in [0.2, 0.25) is 0 Å². The van der Waals surface area contributed by atoms with Crippen LogP contribution in [0.5, 0.6) is 0 Å². The average molecular weight is 506 g/mol. The van der Waals surface area contributed by atoms with Crippen molar-refractivity contribution in [3.05, 3.63) is 70.5 Å². The molecule has 0 spiro atoms. The summed E-state index contributed by atoms with van der Waals surface area (Å²) in [6, 6.07) is 9.87. The van der Waals surface area contributed by atoms with E-state index in [-0.39, 0.29) is 11.3 Å². The zero-order chi connectivity index (χ0) is 25.4. The number of nitrogens with one attached hydrogen (secondary N) is 3. The molecule has 0 radical (unpaired) electrons. The molecule has 1 fully saturated rings. The van der Waals surface area contributed by atoms with Crippen molar-refractivity contribution in [1.29, 1.82) is 0 Å². The lowest BCUT2D eigenvalue weighted by atomic mass is 9.58. The van der Waals surface area contributed by atoms with Crippen LogP contribution in [-0.2, 0) is 19.0 Å². The predicted molar refractivity (Wildman–Crippen MR) is 142 cm³/mol. The molecule has 3 heterocycles. The minimum atomic E-state index is -0.272. The number of amides is 1. The summed E-state index contributed by atoms with van der Waals surface area (Å²) in [5.74, 6) is 1.81. The lowest BCUT2D eigenvalue weighted by Crippen LogP contribution is -2.43. The summed E-state index contributed by atoms with van der Waals surface area (Å²) in [7, 11) is 1.98. The van der Waals surface area contributed by atoms with Crippen molar-refractivity contribution in [2.24, 2.45) is 18.9 Å². The summed E-state index contributed by atoms with van der Waals surface area (Å²) in [6.07, 6.45) is 5.44. The smallest absolute Gasteiger partial charge is 0.274 e. The normalized spacial score (nSPS) is 19.6. The van der Waals surface area contributed by atoms with Gasteiger partial charge >= 0.3 is 0 Å². The summed E-state index contributed by atoms with van der Waals surface area (Å²) < 4.78 is 1.99. The van der Waals surface area contributed by atoms with Gasteiger partial charge in [-0.1, -0.05) is 44.5 Å². The number of pyridine rings is 1. The Hall–Kier alpha value is -3.23. The van der Waals surface area contributed by atoms with Gasteiger partial charge in [-0.15, -0.1) is 10.2 Å². The maximum atomic E-state index is 13.3. The number of anilines is 1. The first-order valence-electron chi connectivity index (χ1n) is 12.4. The van der Waals surface area contributed by atoms with Crippen molar-refractivity contribution in [2.45, 2.75) is 45.6 Å². The highest BCUT2D eigenvalue weighted by Crippen LogP contribution is 2.51. The number of nitrogens with zero attached hydrogens (tertiary/aromatic N) is 4. The molecule has 0 unspecified atom stereocenters. The molecule has 0 aliphatic heterocycles. The Morgan fingerprint density at radius 3 is 2.81 bits per heavy atom. The van der Waals surface area contributed by atoms with E-state index in [2.05, 4.69) is 57.6 Å². The summed E-state index contributed by atoms with van der Waals surface area (Å²) in [4.78, 5) is 21.1. The fraction of sp³-hybridized carbons (Fsp3) is 0.407. The number of halogens is 1. The number of aryl methyl sites for hydroxylation is 1. The maximum absolute atomic E-state index is 13.3. The van der Waals surface area contributed by atoms with Crippen LogP contribution < -0.4 is 10.6 Å². The molecule has 9 heteroatoms. The van der Waals surface area contributed by atoms with E-state index in [1.54, 1.807) is 12.5 Å². The van der Waals surface area contributed by atoms with Gasteiger partial charge in [0.05, 0.1) is 16.0 Å². The fourth-order valence-electron chi connectivity index (χ4n) is 5.37. The van der Waals surface area contributed by atoms with E-state index in [0.29, 0.717) is 34.6 Å². The van der Waals surface area contributed by atoms with E-state index in [1.165, 1.54) is 0 Å². The molecular weight excluding hydrogens is 474 g/mol. The van der Waals surface area contributed by atoms with Gasteiger partial charge in [0.15, 0.2) is 0 Å². The third-order valence-corrected chi connectivity index (χ3v) is 7.27. The van der Waals surface area contributed by atoms with Crippen LogP contribution in [-0.4, -0.2) is 37.2 Å². The van der Waals surface area contributed by atoms with Crippen LogP contribution in [0, 0.1) is 11.8 Å². The summed E-state index contributed by atoms with van der Waals surface area (Å²) in [6.45, 7) is 8.06. The van der Waals surface area contributed by atoms with Crippen molar-refractivity contribution in [3.63, 3.8) is 0 Å². The highest BCUT2D eigenvalue weighted by Gasteiger charge is 2.48. The van der Waals surface area contributed by atoms with Gasteiger partial charge in [0, 0.05) is 25.5 Å². The van der Waals surface area contributed by atoms with Gasteiger partial charge in [-0.2, -0.15) is 0 Å². The van der Waals surface area contributed by atoms with Crippen LogP contribution in [0.1, 0.15) is 61.1 Å². The van der Waals surface area contributed by atoms with Gasteiger partial charge in [-0.05, 0) is 60.5 Å². The number of carbonyl (C=O) groups is 1. The summed E-state index contributed by atoms with van der Waals surface area (Å²) >= 11 is 6.37. The number of hydrogen-bond acceptors (Lipinski definition) is 5. The van der Waals surface area contributed by atoms with Gasteiger partial charge < -0.3 is 20.2 Å². The van der Waals surface area contributed by atoms with Gasteiger partial charge in [-0.25, -0.2) is 4.98 Å². The van der Waals surface area contributed by atoms with Gasteiger partial charge in [0.25, 0.3) is 5.91 Å². The monoisotopic (exact) mass is 505 g/mol. The quantitative estimate of drug-likeness (QED) is 0.311. The Morgan fingerprint density at radius 2 is 2.11 bits per heavy atom. The molecular formula is C27H32ClN7O. The molecule has 0 atom stereocenters. The highest BCUT2D eigenvalue weighted by molar-refractivity contribution is 6.35. The summed E-state index contributed by atoms with van der Waals surface area (Å²) in [5.41, 5.74) is 4.39.